The molecule has 1 N–H and O–H groups in total. The van der Waals surface area contributed by atoms with E-state index >= 15 is 0 Å². The number of nitrogens with zero attached hydrogens (tertiary/aromatic N) is 3. The van der Waals surface area contributed by atoms with Crippen molar-refractivity contribution in [1.82, 2.24) is 9.80 Å². The number of hydrogen-bond acceptors (Lipinski definition) is 5. The Labute approximate surface area is 233 Å². The van der Waals surface area contributed by atoms with Crippen LogP contribution in [0, 0.1) is 6.92 Å². The van der Waals surface area contributed by atoms with Crippen LogP contribution in [-0.2, 0) is 6.54 Å². The number of carbonyl (C=O) groups excluding carboxylic acids is 3. The molecule has 5 rings (SSSR count). The standard InChI is InChI=1S/C32H32N4O4/c1-23-10-12-25(13-11-23)30(37)33-26-14-15-28(27(21-26)31(38)34(2)22-24-7-4-3-5-8-24)35-16-18-36(19-17-35)32(39)29-9-6-20-40-29/h3-15,20-21H,16-19,22H2,1-2H3,(H,33,37). The highest BCUT2D eigenvalue weighted by Crippen LogP contribution is 2.28. The van der Waals surface area contributed by atoms with Gasteiger partial charge in [0.05, 0.1) is 11.8 Å². The molecular formula is C32H32N4O4. The molecular weight excluding hydrogens is 504 g/mol. The van der Waals surface area contributed by atoms with E-state index in [0.29, 0.717) is 55.3 Å². The van der Waals surface area contributed by atoms with Crippen LogP contribution >= 0.6 is 0 Å². The van der Waals surface area contributed by atoms with E-state index in [1.165, 1.54) is 6.26 Å². The zero-order valence-electron chi connectivity index (χ0n) is 22.7. The molecule has 1 saturated heterocycles. The maximum absolute atomic E-state index is 13.8. The van der Waals surface area contributed by atoms with Crippen molar-refractivity contribution in [1.29, 1.82) is 0 Å². The van der Waals surface area contributed by atoms with E-state index in [-0.39, 0.29) is 17.7 Å². The Morgan fingerprint density at radius 2 is 1.60 bits per heavy atom. The second-order valence-corrected chi connectivity index (χ2v) is 9.96. The average Bonchev–Trinajstić information content (AvgIpc) is 3.52. The van der Waals surface area contributed by atoms with Crippen LogP contribution < -0.4 is 10.2 Å². The maximum Gasteiger partial charge on any atom is 0.289 e. The molecule has 3 aromatic carbocycles. The molecule has 0 unspecified atom stereocenters. The molecule has 8 nitrogen and oxygen atoms in total. The fraction of sp³-hybridized carbons (Fsp3) is 0.219. The summed E-state index contributed by atoms with van der Waals surface area (Å²) < 4.78 is 5.28. The molecule has 0 atom stereocenters. The molecule has 0 saturated carbocycles. The normalized spacial score (nSPS) is 13.2. The van der Waals surface area contributed by atoms with Crippen molar-refractivity contribution in [2.24, 2.45) is 0 Å². The molecule has 8 heteroatoms. The van der Waals surface area contributed by atoms with Gasteiger partial charge in [0, 0.05) is 56.7 Å². The smallest absolute Gasteiger partial charge is 0.289 e. The van der Waals surface area contributed by atoms with Crippen molar-refractivity contribution >= 4 is 29.1 Å². The number of benzene rings is 3. The van der Waals surface area contributed by atoms with Crippen molar-refractivity contribution in [3.05, 3.63) is 119 Å². The zero-order valence-corrected chi connectivity index (χ0v) is 22.7. The largest absolute Gasteiger partial charge is 0.459 e. The maximum atomic E-state index is 13.8. The van der Waals surface area contributed by atoms with Crippen LogP contribution in [0.2, 0.25) is 0 Å². The van der Waals surface area contributed by atoms with Gasteiger partial charge in [-0.05, 0) is 55.0 Å². The lowest BCUT2D eigenvalue weighted by molar-refractivity contribution is 0.0712. The summed E-state index contributed by atoms with van der Waals surface area (Å²) in [7, 11) is 1.77. The number of carbonyl (C=O) groups is 3. The van der Waals surface area contributed by atoms with Crippen LogP contribution in [0.4, 0.5) is 11.4 Å². The van der Waals surface area contributed by atoms with E-state index in [4.69, 9.17) is 4.42 Å². The fourth-order valence-electron chi connectivity index (χ4n) is 4.81. The molecule has 1 fully saturated rings. The highest BCUT2D eigenvalue weighted by molar-refractivity contribution is 6.06. The van der Waals surface area contributed by atoms with Gasteiger partial charge in [0.15, 0.2) is 5.76 Å². The van der Waals surface area contributed by atoms with Gasteiger partial charge in [-0.25, -0.2) is 0 Å². The average molecular weight is 537 g/mol. The summed E-state index contributed by atoms with van der Waals surface area (Å²) >= 11 is 0. The Balaban J connectivity index is 1.38. The van der Waals surface area contributed by atoms with E-state index < -0.39 is 0 Å². The van der Waals surface area contributed by atoms with Crippen LogP contribution in [0.5, 0.6) is 0 Å². The number of aryl methyl sites for hydroxylation is 1. The Morgan fingerprint density at radius 1 is 0.875 bits per heavy atom. The zero-order chi connectivity index (χ0) is 28.1. The van der Waals surface area contributed by atoms with Crippen molar-refractivity contribution < 1.29 is 18.8 Å². The summed E-state index contributed by atoms with van der Waals surface area (Å²) in [6, 6.07) is 25.9. The second-order valence-electron chi connectivity index (χ2n) is 9.96. The van der Waals surface area contributed by atoms with Gasteiger partial charge in [0.2, 0.25) is 0 Å². The van der Waals surface area contributed by atoms with Crippen molar-refractivity contribution in [3.8, 4) is 0 Å². The van der Waals surface area contributed by atoms with Crippen molar-refractivity contribution in [2.75, 3.05) is 43.4 Å². The van der Waals surface area contributed by atoms with Crippen LogP contribution in [-0.4, -0.2) is 60.7 Å². The Hall–Kier alpha value is -4.85. The quantitative estimate of drug-likeness (QED) is 0.356. The molecule has 1 aliphatic heterocycles. The van der Waals surface area contributed by atoms with Gasteiger partial charge in [-0.15, -0.1) is 0 Å². The molecule has 1 aromatic heterocycles. The summed E-state index contributed by atoms with van der Waals surface area (Å²) in [5, 5.41) is 2.94. The first-order valence-corrected chi connectivity index (χ1v) is 13.3. The van der Waals surface area contributed by atoms with E-state index in [9.17, 15) is 14.4 Å². The van der Waals surface area contributed by atoms with E-state index in [1.54, 1.807) is 47.2 Å². The lowest BCUT2D eigenvalue weighted by Gasteiger charge is -2.37. The van der Waals surface area contributed by atoms with Crippen molar-refractivity contribution in [2.45, 2.75) is 13.5 Å². The van der Waals surface area contributed by atoms with Gasteiger partial charge in [-0.1, -0.05) is 48.0 Å². The molecule has 40 heavy (non-hydrogen) atoms. The molecule has 2 heterocycles. The first-order valence-electron chi connectivity index (χ1n) is 13.3. The highest BCUT2D eigenvalue weighted by atomic mass is 16.3. The highest BCUT2D eigenvalue weighted by Gasteiger charge is 2.27. The van der Waals surface area contributed by atoms with Gasteiger partial charge in [0.25, 0.3) is 17.7 Å². The third-order valence-corrected chi connectivity index (χ3v) is 7.05. The molecule has 0 spiro atoms. The number of amides is 3. The Kier molecular flexibility index (Phi) is 7.96. The van der Waals surface area contributed by atoms with Gasteiger partial charge in [-0.2, -0.15) is 0 Å². The molecule has 0 bridgehead atoms. The summed E-state index contributed by atoms with van der Waals surface area (Å²) in [4.78, 5) is 45.0. The Bertz CT molecular complexity index is 1480. The number of hydrogen-bond donors (Lipinski definition) is 1. The lowest BCUT2D eigenvalue weighted by atomic mass is 10.1. The van der Waals surface area contributed by atoms with E-state index in [0.717, 1.165) is 16.8 Å². The monoisotopic (exact) mass is 536 g/mol. The van der Waals surface area contributed by atoms with Gasteiger partial charge >= 0.3 is 0 Å². The van der Waals surface area contributed by atoms with Crippen LogP contribution in [0.15, 0.2) is 95.6 Å². The number of nitrogens with one attached hydrogen (secondary N) is 1. The first kappa shape index (κ1) is 26.7. The second kappa shape index (κ2) is 11.9. The fourth-order valence-corrected chi connectivity index (χ4v) is 4.81. The summed E-state index contributed by atoms with van der Waals surface area (Å²) in [5.74, 6) is -0.216. The summed E-state index contributed by atoms with van der Waals surface area (Å²) in [6.07, 6.45) is 1.49. The molecule has 0 radical (unpaired) electrons. The lowest BCUT2D eigenvalue weighted by Crippen LogP contribution is -2.49. The van der Waals surface area contributed by atoms with E-state index in [1.807, 2.05) is 61.5 Å². The number of anilines is 2. The number of rotatable bonds is 7. The van der Waals surface area contributed by atoms with Crippen LogP contribution in [0.1, 0.15) is 42.4 Å². The predicted octanol–water partition coefficient (Wildman–Crippen LogP) is 5.07. The SMILES string of the molecule is Cc1ccc(C(=O)Nc2ccc(N3CCN(C(=O)c4ccco4)CC3)c(C(=O)N(C)Cc3ccccc3)c2)cc1. The summed E-state index contributed by atoms with van der Waals surface area (Å²) in [6.45, 7) is 4.54. The van der Waals surface area contributed by atoms with Crippen molar-refractivity contribution in [3.63, 3.8) is 0 Å². The van der Waals surface area contributed by atoms with Gasteiger partial charge in [0.1, 0.15) is 0 Å². The molecule has 4 aromatic rings. The third kappa shape index (κ3) is 6.07. The van der Waals surface area contributed by atoms with Gasteiger partial charge < -0.3 is 24.4 Å². The predicted molar refractivity (Wildman–Crippen MR) is 155 cm³/mol. The topological polar surface area (TPSA) is 86.1 Å². The minimum absolute atomic E-state index is 0.141. The first-order chi connectivity index (χ1) is 19.4. The van der Waals surface area contributed by atoms with E-state index in [2.05, 4.69) is 10.2 Å². The number of piperazine rings is 1. The number of furan rings is 1. The van der Waals surface area contributed by atoms with Gasteiger partial charge in [-0.3, -0.25) is 14.4 Å². The molecule has 1 aliphatic rings. The molecule has 204 valence electrons. The third-order valence-electron chi connectivity index (χ3n) is 7.05. The molecule has 0 aliphatic carbocycles. The van der Waals surface area contributed by atoms with Crippen LogP contribution in [0.25, 0.3) is 0 Å². The van der Waals surface area contributed by atoms with Crippen LogP contribution in [0.3, 0.4) is 0 Å². The minimum atomic E-state index is -0.242. The minimum Gasteiger partial charge on any atom is -0.459 e. The molecule has 3 amide bonds. The summed E-state index contributed by atoms with van der Waals surface area (Å²) in [5.41, 5.74) is 4.43. The Morgan fingerprint density at radius 3 is 2.27 bits per heavy atom.